The summed E-state index contributed by atoms with van der Waals surface area (Å²) in [5, 5.41) is 7.96. The maximum atomic E-state index is 14.1. The molecule has 0 amide bonds. The van der Waals surface area contributed by atoms with Crippen LogP contribution in [-0.2, 0) is 5.75 Å². The zero-order chi connectivity index (χ0) is 13.8. The Kier molecular flexibility index (Phi) is 4.45. The van der Waals surface area contributed by atoms with Crippen LogP contribution in [0.3, 0.4) is 0 Å². The SMILES string of the molecule is N=C(N)c1cccc(CSc2ccccc2Cl)c1F. The fourth-order valence-electron chi connectivity index (χ4n) is 1.62. The number of amidine groups is 1. The molecule has 19 heavy (non-hydrogen) atoms. The van der Waals surface area contributed by atoms with Gasteiger partial charge in [-0.2, -0.15) is 0 Å². The second kappa shape index (κ2) is 6.08. The van der Waals surface area contributed by atoms with Gasteiger partial charge in [-0.25, -0.2) is 4.39 Å². The van der Waals surface area contributed by atoms with Gasteiger partial charge in [0.05, 0.1) is 10.6 Å². The number of hydrogen-bond acceptors (Lipinski definition) is 2. The molecule has 0 aliphatic rings. The molecule has 98 valence electrons. The third-order valence-corrected chi connectivity index (χ3v) is 4.15. The molecule has 0 atom stereocenters. The summed E-state index contributed by atoms with van der Waals surface area (Å²) in [6.07, 6.45) is 0. The first-order valence-corrected chi connectivity index (χ1v) is 6.95. The molecule has 0 unspecified atom stereocenters. The van der Waals surface area contributed by atoms with Gasteiger partial charge in [-0.05, 0) is 23.8 Å². The molecule has 2 nitrogen and oxygen atoms in total. The van der Waals surface area contributed by atoms with Crippen molar-refractivity contribution < 1.29 is 4.39 Å². The molecule has 0 saturated carbocycles. The number of benzene rings is 2. The van der Waals surface area contributed by atoms with Crippen molar-refractivity contribution in [1.82, 2.24) is 0 Å². The van der Waals surface area contributed by atoms with Crippen LogP contribution in [0.2, 0.25) is 5.02 Å². The Morgan fingerprint density at radius 2 is 1.95 bits per heavy atom. The van der Waals surface area contributed by atoms with E-state index in [-0.39, 0.29) is 11.4 Å². The summed E-state index contributed by atoms with van der Waals surface area (Å²) in [4.78, 5) is 0.900. The van der Waals surface area contributed by atoms with Gasteiger partial charge in [0.1, 0.15) is 11.7 Å². The molecule has 0 aromatic heterocycles. The van der Waals surface area contributed by atoms with Gasteiger partial charge in [0.25, 0.3) is 0 Å². The molecule has 5 heteroatoms. The Bertz CT molecular complexity index is 616. The number of halogens is 2. The van der Waals surface area contributed by atoms with Crippen molar-refractivity contribution in [3.05, 3.63) is 64.4 Å². The van der Waals surface area contributed by atoms with Crippen LogP contribution < -0.4 is 5.73 Å². The Labute approximate surface area is 120 Å². The van der Waals surface area contributed by atoms with Crippen LogP contribution >= 0.6 is 23.4 Å². The number of rotatable bonds is 4. The third-order valence-electron chi connectivity index (χ3n) is 2.59. The number of thioether (sulfide) groups is 1. The van der Waals surface area contributed by atoms with Crippen LogP contribution in [0.15, 0.2) is 47.4 Å². The summed E-state index contributed by atoms with van der Waals surface area (Å²) >= 11 is 7.49. The lowest BCUT2D eigenvalue weighted by atomic mass is 10.1. The minimum absolute atomic E-state index is 0.136. The molecule has 3 N–H and O–H groups in total. The van der Waals surface area contributed by atoms with Crippen LogP contribution in [0, 0.1) is 11.2 Å². The van der Waals surface area contributed by atoms with Crippen LogP contribution in [-0.4, -0.2) is 5.84 Å². The highest BCUT2D eigenvalue weighted by Gasteiger charge is 2.10. The van der Waals surface area contributed by atoms with Crippen LogP contribution in [0.1, 0.15) is 11.1 Å². The van der Waals surface area contributed by atoms with Crippen LogP contribution in [0.25, 0.3) is 0 Å². The van der Waals surface area contributed by atoms with Crippen molar-refractivity contribution in [3.63, 3.8) is 0 Å². The summed E-state index contributed by atoms with van der Waals surface area (Å²) in [5.74, 6) is -0.256. The van der Waals surface area contributed by atoms with Crippen molar-refractivity contribution in [3.8, 4) is 0 Å². The molecule has 0 radical (unpaired) electrons. The summed E-state index contributed by atoms with van der Waals surface area (Å²) in [7, 11) is 0. The summed E-state index contributed by atoms with van der Waals surface area (Å²) in [6.45, 7) is 0. The topological polar surface area (TPSA) is 49.9 Å². The first-order valence-electron chi connectivity index (χ1n) is 5.58. The van der Waals surface area contributed by atoms with E-state index in [0.717, 1.165) is 4.90 Å². The molecule has 2 aromatic carbocycles. The zero-order valence-electron chi connectivity index (χ0n) is 9.99. The van der Waals surface area contributed by atoms with Crippen molar-refractivity contribution in [2.75, 3.05) is 0 Å². The normalized spacial score (nSPS) is 10.4. The van der Waals surface area contributed by atoms with Gasteiger partial charge >= 0.3 is 0 Å². The minimum Gasteiger partial charge on any atom is -0.384 e. The monoisotopic (exact) mass is 294 g/mol. The second-order valence-corrected chi connectivity index (χ2v) is 5.34. The standard InChI is InChI=1S/C14H12ClFN2S/c15-11-6-1-2-7-12(11)19-8-9-4-3-5-10(13(9)16)14(17)18/h1-7H,8H2,(H3,17,18). The van der Waals surface area contributed by atoms with E-state index >= 15 is 0 Å². The molecule has 0 heterocycles. The van der Waals surface area contributed by atoms with Crippen molar-refractivity contribution in [1.29, 1.82) is 5.41 Å². The molecular weight excluding hydrogens is 283 g/mol. The number of hydrogen-bond donors (Lipinski definition) is 2. The quantitative estimate of drug-likeness (QED) is 0.507. The highest BCUT2D eigenvalue weighted by molar-refractivity contribution is 7.98. The predicted molar refractivity (Wildman–Crippen MR) is 78.4 cm³/mol. The van der Waals surface area contributed by atoms with Gasteiger partial charge in [0.15, 0.2) is 0 Å². The van der Waals surface area contributed by atoms with Gasteiger partial charge in [0.2, 0.25) is 0 Å². The molecule has 0 saturated heterocycles. The maximum Gasteiger partial charge on any atom is 0.138 e. The molecule has 0 spiro atoms. The Balaban J connectivity index is 2.19. The van der Waals surface area contributed by atoms with E-state index in [1.807, 2.05) is 18.2 Å². The Morgan fingerprint density at radius 1 is 1.21 bits per heavy atom. The zero-order valence-corrected chi connectivity index (χ0v) is 11.6. The fraction of sp³-hybridized carbons (Fsp3) is 0.0714. The van der Waals surface area contributed by atoms with Gasteiger partial charge in [-0.3, -0.25) is 5.41 Å². The lowest BCUT2D eigenvalue weighted by Gasteiger charge is -2.08. The third kappa shape index (κ3) is 3.28. The smallest absolute Gasteiger partial charge is 0.138 e. The van der Waals surface area contributed by atoms with Crippen molar-refractivity contribution in [2.45, 2.75) is 10.6 Å². The molecular formula is C14H12ClFN2S. The molecule has 2 aromatic rings. The average Bonchev–Trinajstić information content (AvgIpc) is 2.39. The number of nitrogens with two attached hydrogens (primary N) is 1. The summed E-state index contributed by atoms with van der Waals surface area (Å²) < 4.78 is 14.1. The van der Waals surface area contributed by atoms with E-state index in [4.69, 9.17) is 22.7 Å². The van der Waals surface area contributed by atoms with Crippen molar-refractivity contribution in [2.24, 2.45) is 5.73 Å². The van der Waals surface area contributed by atoms with E-state index in [1.165, 1.54) is 17.8 Å². The number of nitrogens with one attached hydrogen (secondary N) is 1. The van der Waals surface area contributed by atoms with E-state index in [1.54, 1.807) is 18.2 Å². The first kappa shape index (κ1) is 13.9. The first-order chi connectivity index (χ1) is 9.09. The molecule has 0 aliphatic heterocycles. The average molecular weight is 295 g/mol. The Morgan fingerprint density at radius 3 is 2.63 bits per heavy atom. The van der Waals surface area contributed by atoms with Crippen LogP contribution in [0.4, 0.5) is 4.39 Å². The van der Waals surface area contributed by atoms with E-state index < -0.39 is 5.82 Å². The minimum atomic E-state index is -0.436. The van der Waals surface area contributed by atoms with Gasteiger partial charge < -0.3 is 5.73 Å². The molecule has 0 bridgehead atoms. The lowest BCUT2D eigenvalue weighted by molar-refractivity contribution is 0.614. The van der Waals surface area contributed by atoms with Gasteiger partial charge in [-0.15, -0.1) is 11.8 Å². The maximum absolute atomic E-state index is 14.1. The summed E-state index contributed by atoms with van der Waals surface area (Å²) in [5.41, 5.74) is 5.98. The highest BCUT2D eigenvalue weighted by Crippen LogP contribution is 2.30. The lowest BCUT2D eigenvalue weighted by Crippen LogP contribution is -2.14. The summed E-state index contributed by atoms with van der Waals surface area (Å²) in [6, 6.07) is 12.3. The van der Waals surface area contributed by atoms with E-state index in [0.29, 0.717) is 16.3 Å². The molecule has 0 aliphatic carbocycles. The fourth-order valence-corrected chi connectivity index (χ4v) is 2.83. The molecule has 0 fully saturated rings. The van der Waals surface area contributed by atoms with Gasteiger partial charge in [-0.1, -0.05) is 35.9 Å². The van der Waals surface area contributed by atoms with E-state index in [9.17, 15) is 4.39 Å². The van der Waals surface area contributed by atoms with Gasteiger partial charge in [0, 0.05) is 10.6 Å². The largest absolute Gasteiger partial charge is 0.384 e. The molecule has 2 rings (SSSR count). The van der Waals surface area contributed by atoms with E-state index in [2.05, 4.69) is 0 Å². The Hall–Kier alpha value is -1.52. The second-order valence-electron chi connectivity index (χ2n) is 3.91. The highest BCUT2D eigenvalue weighted by atomic mass is 35.5. The van der Waals surface area contributed by atoms with Crippen LogP contribution in [0.5, 0.6) is 0 Å². The predicted octanol–water partition coefficient (Wildman–Crippen LogP) is 4.06. The number of nitrogen functional groups attached to an aromatic ring is 1. The van der Waals surface area contributed by atoms with Crippen molar-refractivity contribution >= 4 is 29.2 Å².